The van der Waals surface area contributed by atoms with E-state index in [9.17, 15) is 4.79 Å². The van der Waals surface area contributed by atoms with Gasteiger partial charge in [0, 0.05) is 19.3 Å². The molecule has 0 spiro atoms. The summed E-state index contributed by atoms with van der Waals surface area (Å²) in [5, 5.41) is 0. The van der Waals surface area contributed by atoms with Crippen molar-refractivity contribution in [3.05, 3.63) is 18.0 Å². The van der Waals surface area contributed by atoms with Gasteiger partial charge in [0.2, 0.25) is 0 Å². The molecule has 2 N–H and O–H groups in total. The second kappa shape index (κ2) is 5.02. The number of carbonyl (C=O) groups excluding carboxylic acids is 1. The topological polar surface area (TPSA) is 60.5 Å². The fraction of sp³-hybridized carbons (Fsp3) is 0.615. The Kier molecular flexibility index (Phi) is 3.61. The Morgan fingerprint density at radius 3 is 2.94 bits per heavy atom. The van der Waals surface area contributed by atoms with Crippen LogP contribution in [0, 0.1) is 0 Å². The molecule has 2 rings (SSSR count). The van der Waals surface area contributed by atoms with Gasteiger partial charge in [0.1, 0.15) is 5.69 Å². The average molecular weight is 251 g/mol. The first-order chi connectivity index (χ1) is 8.52. The zero-order chi connectivity index (χ0) is 13.3. The minimum absolute atomic E-state index is 0.0381. The first-order valence-electron chi connectivity index (χ1n) is 6.41. The largest absolute Gasteiger partial charge is 0.397 e. The summed E-state index contributed by atoms with van der Waals surface area (Å²) in [4.78, 5) is 14.4. The maximum Gasteiger partial charge on any atom is 0.270 e. The van der Waals surface area contributed by atoms with Crippen LogP contribution in [-0.4, -0.2) is 40.7 Å². The van der Waals surface area contributed by atoms with E-state index in [-0.39, 0.29) is 18.1 Å². The molecule has 0 aromatic carbocycles. The van der Waals surface area contributed by atoms with E-state index in [2.05, 4.69) is 0 Å². The summed E-state index contributed by atoms with van der Waals surface area (Å²) in [6.07, 6.45) is 1.90. The van der Waals surface area contributed by atoms with Gasteiger partial charge in [0.25, 0.3) is 5.91 Å². The van der Waals surface area contributed by atoms with Crippen LogP contribution in [0.5, 0.6) is 0 Å². The normalized spacial score (nSPS) is 24.3. The van der Waals surface area contributed by atoms with Crippen molar-refractivity contribution in [3.63, 3.8) is 0 Å². The number of nitrogen functional groups attached to an aromatic ring is 1. The maximum atomic E-state index is 12.5. The Balaban J connectivity index is 2.24. The van der Waals surface area contributed by atoms with Crippen LogP contribution in [0.25, 0.3) is 0 Å². The lowest BCUT2D eigenvalue weighted by Gasteiger charge is -2.36. The summed E-state index contributed by atoms with van der Waals surface area (Å²) in [5.41, 5.74) is 7.06. The minimum Gasteiger partial charge on any atom is -0.397 e. The Bertz CT molecular complexity index is 441. The molecule has 0 radical (unpaired) electrons. The number of ether oxygens (including phenoxy) is 1. The molecule has 1 saturated heterocycles. The lowest BCUT2D eigenvalue weighted by molar-refractivity contribution is -0.0390. The molecular weight excluding hydrogens is 230 g/mol. The number of rotatable bonds is 2. The highest BCUT2D eigenvalue weighted by atomic mass is 16.5. The van der Waals surface area contributed by atoms with Crippen LogP contribution in [0.15, 0.2) is 12.3 Å². The molecular formula is C13H21N3O2. The molecule has 1 fully saturated rings. The third-order valence-electron chi connectivity index (χ3n) is 3.35. The van der Waals surface area contributed by atoms with Crippen molar-refractivity contribution in [1.29, 1.82) is 0 Å². The molecule has 1 aromatic heterocycles. The van der Waals surface area contributed by atoms with E-state index >= 15 is 0 Å². The van der Waals surface area contributed by atoms with Gasteiger partial charge in [-0.3, -0.25) is 4.79 Å². The number of carbonyl (C=O) groups is 1. The Hall–Kier alpha value is -1.49. The molecule has 2 heterocycles. The van der Waals surface area contributed by atoms with Crippen LogP contribution in [0.4, 0.5) is 5.69 Å². The lowest BCUT2D eigenvalue weighted by Crippen LogP contribution is -2.50. The van der Waals surface area contributed by atoms with Crippen molar-refractivity contribution in [2.45, 2.75) is 39.5 Å². The minimum atomic E-state index is 0.0381. The van der Waals surface area contributed by atoms with Crippen LogP contribution in [0.3, 0.4) is 0 Å². The van der Waals surface area contributed by atoms with E-state index in [1.807, 2.05) is 36.4 Å². The smallest absolute Gasteiger partial charge is 0.270 e. The molecule has 1 aromatic rings. The van der Waals surface area contributed by atoms with Crippen LogP contribution >= 0.6 is 0 Å². The van der Waals surface area contributed by atoms with Gasteiger partial charge in [-0.1, -0.05) is 0 Å². The molecule has 0 aliphatic carbocycles. The SMILES string of the molecule is CCn1cc(N)cc1C(=O)N1CC(C)OCC1C. The van der Waals surface area contributed by atoms with E-state index in [0.717, 1.165) is 6.54 Å². The fourth-order valence-electron chi connectivity index (χ4n) is 2.31. The highest BCUT2D eigenvalue weighted by Crippen LogP contribution is 2.18. The number of hydrogen-bond acceptors (Lipinski definition) is 3. The second-order valence-corrected chi connectivity index (χ2v) is 4.90. The third kappa shape index (κ3) is 2.36. The van der Waals surface area contributed by atoms with Gasteiger partial charge in [0.05, 0.1) is 24.4 Å². The number of morpholine rings is 1. The lowest BCUT2D eigenvalue weighted by atomic mass is 10.2. The maximum absolute atomic E-state index is 12.5. The predicted octanol–water partition coefficient (Wildman–Crippen LogP) is 1.34. The van der Waals surface area contributed by atoms with Crippen molar-refractivity contribution in [2.24, 2.45) is 0 Å². The van der Waals surface area contributed by atoms with E-state index in [4.69, 9.17) is 10.5 Å². The molecule has 0 bridgehead atoms. The quantitative estimate of drug-likeness (QED) is 0.863. The summed E-state index contributed by atoms with van der Waals surface area (Å²) >= 11 is 0. The van der Waals surface area contributed by atoms with Crippen molar-refractivity contribution >= 4 is 11.6 Å². The zero-order valence-electron chi connectivity index (χ0n) is 11.2. The average Bonchev–Trinajstić information content (AvgIpc) is 2.72. The molecule has 2 unspecified atom stereocenters. The van der Waals surface area contributed by atoms with E-state index in [1.165, 1.54) is 0 Å². The number of nitrogens with zero attached hydrogens (tertiary/aromatic N) is 2. The number of amides is 1. The van der Waals surface area contributed by atoms with Gasteiger partial charge in [0.15, 0.2) is 0 Å². The molecule has 1 aliphatic rings. The summed E-state index contributed by atoms with van der Waals surface area (Å²) in [7, 11) is 0. The summed E-state index contributed by atoms with van der Waals surface area (Å²) in [5.74, 6) is 0.0381. The summed E-state index contributed by atoms with van der Waals surface area (Å²) in [6.45, 7) is 7.96. The van der Waals surface area contributed by atoms with Gasteiger partial charge < -0.3 is 19.9 Å². The van der Waals surface area contributed by atoms with Gasteiger partial charge >= 0.3 is 0 Å². The highest BCUT2D eigenvalue weighted by Gasteiger charge is 2.29. The predicted molar refractivity (Wildman–Crippen MR) is 70.4 cm³/mol. The van der Waals surface area contributed by atoms with Crippen LogP contribution in [0.2, 0.25) is 0 Å². The molecule has 5 heteroatoms. The standard InChI is InChI=1S/C13H21N3O2/c1-4-15-7-11(14)5-12(15)13(17)16-6-10(3)18-8-9(16)2/h5,7,9-10H,4,6,8,14H2,1-3H3. The van der Waals surface area contributed by atoms with Crippen LogP contribution < -0.4 is 5.73 Å². The van der Waals surface area contributed by atoms with Crippen LogP contribution in [-0.2, 0) is 11.3 Å². The molecule has 5 nitrogen and oxygen atoms in total. The second-order valence-electron chi connectivity index (χ2n) is 4.90. The summed E-state index contributed by atoms with van der Waals surface area (Å²) in [6, 6.07) is 1.86. The first-order valence-corrected chi connectivity index (χ1v) is 6.41. The molecule has 1 amide bonds. The zero-order valence-corrected chi connectivity index (χ0v) is 11.2. The van der Waals surface area contributed by atoms with E-state index < -0.39 is 0 Å². The van der Waals surface area contributed by atoms with E-state index in [1.54, 1.807) is 6.07 Å². The third-order valence-corrected chi connectivity index (χ3v) is 3.35. The fourth-order valence-corrected chi connectivity index (χ4v) is 2.31. The number of hydrogen-bond donors (Lipinski definition) is 1. The number of aryl methyl sites for hydroxylation is 1. The number of nitrogens with two attached hydrogens (primary N) is 1. The van der Waals surface area contributed by atoms with Crippen molar-refractivity contribution in [3.8, 4) is 0 Å². The molecule has 2 atom stereocenters. The van der Waals surface area contributed by atoms with Gasteiger partial charge in [-0.25, -0.2) is 0 Å². The number of aromatic nitrogens is 1. The van der Waals surface area contributed by atoms with Gasteiger partial charge in [-0.05, 0) is 26.8 Å². The Morgan fingerprint density at radius 1 is 1.56 bits per heavy atom. The highest BCUT2D eigenvalue weighted by molar-refractivity contribution is 5.94. The molecule has 100 valence electrons. The monoisotopic (exact) mass is 251 g/mol. The molecule has 1 aliphatic heterocycles. The molecule has 18 heavy (non-hydrogen) atoms. The Morgan fingerprint density at radius 2 is 2.28 bits per heavy atom. The Labute approximate surface area is 108 Å². The van der Waals surface area contributed by atoms with Crippen molar-refractivity contribution in [1.82, 2.24) is 9.47 Å². The van der Waals surface area contributed by atoms with E-state index in [0.29, 0.717) is 24.5 Å². The summed E-state index contributed by atoms with van der Waals surface area (Å²) < 4.78 is 7.44. The van der Waals surface area contributed by atoms with Crippen molar-refractivity contribution < 1.29 is 9.53 Å². The van der Waals surface area contributed by atoms with Gasteiger partial charge in [-0.2, -0.15) is 0 Å². The van der Waals surface area contributed by atoms with Gasteiger partial charge in [-0.15, -0.1) is 0 Å². The first kappa shape index (κ1) is 13.0. The van der Waals surface area contributed by atoms with Crippen molar-refractivity contribution in [2.75, 3.05) is 18.9 Å². The van der Waals surface area contributed by atoms with Crippen LogP contribution in [0.1, 0.15) is 31.3 Å². The number of anilines is 1. The molecule has 0 saturated carbocycles.